The molecule has 15 heteroatoms. The van der Waals surface area contributed by atoms with E-state index < -0.39 is 11.0 Å². The summed E-state index contributed by atoms with van der Waals surface area (Å²) in [6, 6.07) is 29.9. The molecule has 0 spiro atoms. The van der Waals surface area contributed by atoms with Crippen molar-refractivity contribution in [3.63, 3.8) is 0 Å². The van der Waals surface area contributed by atoms with Gasteiger partial charge in [0.1, 0.15) is 34.8 Å². The maximum absolute atomic E-state index is 14.1. The Morgan fingerprint density at radius 1 is 0.984 bits per heavy atom. The van der Waals surface area contributed by atoms with Crippen molar-refractivity contribution in [2.45, 2.75) is 36.1 Å². The Labute approximate surface area is 373 Å². The molecule has 326 valence electrons. The number of rotatable bonds is 16. The zero-order valence-corrected chi connectivity index (χ0v) is 37.3. The highest BCUT2D eigenvalue weighted by atomic mass is 35.5. The number of H-pyrrole nitrogens is 1. The molecule has 1 aliphatic heterocycles. The minimum atomic E-state index is -1.54. The number of aromatic hydroxyl groups is 1. The Balaban J connectivity index is 0.867. The third kappa shape index (κ3) is 9.59. The van der Waals surface area contributed by atoms with Crippen LogP contribution in [0, 0.1) is 0 Å². The molecule has 4 N–H and O–H groups in total. The molecule has 1 aliphatic rings. The number of alkyl halides is 1. The normalized spacial score (nSPS) is 14.6. The van der Waals surface area contributed by atoms with Gasteiger partial charge in [0, 0.05) is 97.2 Å². The number of amides is 2. The van der Waals surface area contributed by atoms with Crippen LogP contribution < -0.4 is 24.6 Å². The number of likely N-dealkylation sites (N-methyl/N-ethyl adjacent to an activating group) is 1. The van der Waals surface area contributed by atoms with Gasteiger partial charge in [-0.15, -0.1) is 11.6 Å². The number of nitrogens with one attached hydrogen (secondary N) is 3. The van der Waals surface area contributed by atoms with Gasteiger partial charge in [0.15, 0.2) is 5.76 Å². The smallest absolute Gasteiger partial charge is 0.274 e. The number of anilines is 2. The number of aromatic nitrogens is 2. The predicted octanol–water partition coefficient (Wildman–Crippen LogP) is 8.05. The highest BCUT2D eigenvalue weighted by Gasteiger charge is 2.38. The van der Waals surface area contributed by atoms with Crippen LogP contribution in [-0.2, 0) is 22.3 Å². The SMILES string of the molecule is CC(Cl)C1CN(C(=O)c2cc3cc(OCCN(C)C)ccc3[nH]2)c2cc(O)c3cc(CNC(=O)CCNS(=O)c4ccc(-c5ncc(-c6ccc(N(C)C)cc6)o5)cc4)ccc3c21. The first-order valence-electron chi connectivity index (χ1n) is 20.7. The highest BCUT2D eigenvalue weighted by Crippen LogP contribution is 2.47. The molecule has 0 saturated carbocycles. The first-order valence-corrected chi connectivity index (χ1v) is 22.3. The van der Waals surface area contributed by atoms with Gasteiger partial charge in [-0.3, -0.25) is 9.59 Å². The number of hydrogen-bond acceptors (Lipinski definition) is 9. The molecule has 0 aliphatic carbocycles. The monoisotopic (exact) mass is 887 g/mol. The second-order valence-electron chi connectivity index (χ2n) is 16.2. The Hall–Kier alpha value is -6.19. The van der Waals surface area contributed by atoms with Crippen molar-refractivity contribution < 1.29 is 28.1 Å². The molecule has 8 rings (SSSR count). The number of ether oxygens (including phenoxy) is 1. The average Bonchev–Trinajstić information content (AvgIpc) is 4.03. The van der Waals surface area contributed by atoms with Crippen molar-refractivity contribution in [2.75, 3.05) is 64.2 Å². The van der Waals surface area contributed by atoms with E-state index in [4.69, 9.17) is 20.8 Å². The number of benzene rings is 5. The van der Waals surface area contributed by atoms with E-state index in [-0.39, 0.29) is 48.4 Å². The molecule has 3 heterocycles. The van der Waals surface area contributed by atoms with Gasteiger partial charge in [0.2, 0.25) is 11.8 Å². The van der Waals surface area contributed by atoms with Crippen molar-refractivity contribution in [1.82, 2.24) is 24.9 Å². The van der Waals surface area contributed by atoms with Gasteiger partial charge in [0.25, 0.3) is 5.91 Å². The number of aromatic amines is 1. The molecule has 5 aromatic carbocycles. The first kappa shape index (κ1) is 43.5. The fourth-order valence-electron chi connectivity index (χ4n) is 7.76. The van der Waals surface area contributed by atoms with Crippen molar-refractivity contribution in [2.24, 2.45) is 0 Å². The summed E-state index contributed by atoms with van der Waals surface area (Å²) in [6.07, 6.45) is 1.79. The van der Waals surface area contributed by atoms with Crippen molar-refractivity contribution in [3.05, 3.63) is 120 Å². The standard InChI is InChI=1S/C48H50ClN7O6S/c1-29(49)39-28-56(48(59)41-24-33-23-35(13-17-40(33)53-41)61-21-20-54(2)3)42-25-43(57)38-22-30(6-16-37(38)46(39)42)26-50-45(58)18-19-52-63(60)36-14-9-32(10-15-36)47-51-27-44(62-47)31-7-11-34(12-8-31)55(4)5/h6-17,22-25,27,29,39,52-53,57H,18-21,26,28H2,1-5H3,(H,50,58). The van der Waals surface area contributed by atoms with E-state index in [1.165, 1.54) is 0 Å². The minimum Gasteiger partial charge on any atom is -0.507 e. The molecule has 63 heavy (non-hydrogen) atoms. The lowest BCUT2D eigenvalue weighted by Gasteiger charge is -2.18. The average molecular weight is 888 g/mol. The second-order valence-corrected chi connectivity index (χ2v) is 18.2. The summed E-state index contributed by atoms with van der Waals surface area (Å²) in [5.74, 6) is 1.22. The summed E-state index contributed by atoms with van der Waals surface area (Å²) in [6.45, 7) is 4.02. The Morgan fingerprint density at radius 2 is 1.75 bits per heavy atom. The van der Waals surface area contributed by atoms with E-state index in [0.29, 0.717) is 46.5 Å². The largest absolute Gasteiger partial charge is 0.507 e. The first-order chi connectivity index (χ1) is 30.3. The van der Waals surface area contributed by atoms with E-state index in [0.717, 1.165) is 56.5 Å². The van der Waals surface area contributed by atoms with Crippen LogP contribution in [0.25, 0.3) is 44.5 Å². The molecule has 0 radical (unpaired) electrons. The molecule has 7 aromatic rings. The predicted molar refractivity (Wildman–Crippen MR) is 250 cm³/mol. The molecule has 2 amide bonds. The van der Waals surface area contributed by atoms with E-state index in [1.807, 2.05) is 112 Å². The van der Waals surface area contributed by atoms with Crippen LogP contribution in [0.15, 0.2) is 113 Å². The number of phenolic OH excluding ortho intramolecular Hbond substituents is 1. The molecule has 0 bridgehead atoms. The fraction of sp³-hybridized carbons (Fsp3) is 0.271. The number of carbonyl (C=O) groups excluding carboxylic acids is 2. The summed E-state index contributed by atoms with van der Waals surface area (Å²) in [5, 5.41) is 16.2. The summed E-state index contributed by atoms with van der Waals surface area (Å²) in [7, 11) is 6.42. The van der Waals surface area contributed by atoms with Crippen LogP contribution in [-0.4, -0.2) is 95.8 Å². The van der Waals surface area contributed by atoms with Crippen LogP contribution in [0.4, 0.5) is 11.4 Å². The van der Waals surface area contributed by atoms with Gasteiger partial charge in [0.05, 0.1) is 16.8 Å². The lowest BCUT2D eigenvalue weighted by Crippen LogP contribution is -2.31. The summed E-state index contributed by atoms with van der Waals surface area (Å²) in [5.41, 5.74) is 6.29. The van der Waals surface area contributed by atoms with Gasteiger partial charge >= 0.3 is 0 Å². The van der Waals surface area contributed by atoms with Crippen LogP contribution in [0.3, 0.4) is 0 Å². The number of oxazole rings is 1. The number of phenols is 1. The Kier molecular flexibility index (Phi) is 12.9. The summed E-state index contributed by atoms with van der Waals surface area (Å²) >= 11 is 6.78. The zero-order valence-electron chi connectivity index (χ0n) is 35.8. The number of hydrogen-bond donors (Lipinski definition) is 4. The van der Waals surface area contributed by atoms with Crippen LogP contribution in [0.5, 0.6) is 11.5 Å². The van der Waals surface area contributed by atoms with Crippen LogP contribution in [0.1, 0.15) is 40.9 Å². The molecule has 0 fully saturated rings. The quantitative estimate of drug-likeness (QED) is 0.0706. The highest BCUT2D eigenvalue weighted by molar-refractivity contribution is 7.83. The van der Waals surface area contributed by atoms with Gasteiger partial charge < -0.3 is 39.3 Å². The molecule has 2 aromatic heterocycles. The fourth-order valence-corrected chi connectivity index (χ4v) is 8.80. The van der Waals surface area contributed by atoms with Crippen LogP contribution >= 0.6 is 11.6 Å². The third-order valence-electron chi connectivity index (χ3n) is 11.2. The van der Waals surface area contributed by atoms with Crippen molar-refractivity contribution in [3.8, 4) is 34.3 Å². The lowest BCUT2D eigenvalue weighted by atomic mass is 9.91. The minimum absolute atomic E-state index is 0.0182. The molecule has 3 unspecified atom stereocenters. The molecule has 0 saturated heterocycles. The van der Waals surface area contributed by atoms with Crippen LogP contribution in [0.2, 0.25) is 0 Å². The summed E-state index contributed by atoms with van der Waals surface area (Å²) in [4.78, 5) is 41.0. The molecular formula is C48H50ClN7O6S. The zero-order chi connectivity index (χ0) is 44.4. The number of nitrogens with zero attached hydrogens (tertiary/aromatic N) is 4. The van der Waals surface area contributed by atoms with Gasteiger partial charge in [-0.25, -0.2) is 13.9 Å². The van der Waals surface area contributed by atoms with Gasteiger partial charge in [-0.2, -0.15) is 0 Å². The maximum Gasteiger partial charge on any atom is 0.274 e. The number of fused-ring (bicyclic) bond motifs is 4. The Bertz CT molecular complexity index is 2800. The van der Waals surface area contributed by atoms with Gasteiger partial charge in [-0.1, -0.05) is 12.1 Å². The molecule has 3 atom stereocenters. The van der Waals surface area contributed by atoms with E-state index in [9.17, 15) is 18.9 Å². The van der Waals surface area contributed by atoms with E-state index in [1.54, 1.807) is 41.4 Å². The second kappa shape index (κ2) is 18.7. The number of carbonyl (C=O) groups is 2. The number of halogens is 1. The molecular weight excluding hydrogens is 838 g/mol. The van der Waals surface area contributed by atoms with E-state index in [2.05, 4.69) is 20.0 Å². The Morgan fingerprint density at radius 3 is 2.48 bits per heavy atom. The van der Waals surface area contributed by atoms with E-state index >= 15 is 0 Å². The van der Waals surface area contributed by atoms with Gasteiger partial charge in [-0.05, 0) is 116 Å². The topological polar surface area (TPSA) is 156 Å². The lowest BCUT2D eigenvalue weighted by molar-refractivity contribution is -0.121. The maximum atomic E-state index is 14.1. The summed E-state index contributed by atoms with van der Waals surface area (Å²) < 4.78 is 27.8. The van der Waals surface area contributed by atoms with Crippen molar-refractivity contribution >= 4 is 67.5 Å². The van der Waals surface area contributed by atoms with Crippen molar-refractivity contribution in [1.29, 1.82) is 0 Å². The molecule has 13 nitrogen and oxygen atoms in total. The third-order valence-corrected chi connectivity index (χ3v) is 12.7.